The van der Waals surface area contributed by atoms with Crippen molar-refractivity contribution in [2.24, 2.45) is 0 Å². The molecule has 0 spiro atoms. The first-order valence-electron chi connectivity index (χ1n) is 4.67. The second-order valence-corrected chi connectivity index (χ2v) is 3.51. The van der Waals surface area contributed by atoms with Gasteiger partial charge < -0.3 is 0 Å². The molecular formula is C12H11F3O. The number of carbonyl (C=O) groups excluding carboxylic acids is 1. The van der Waals surface area contributed by atoms with E-state index in [4.69, 9.17) is 0 Å². The number of carbonyl (C=O) groups is 1. The van der Waals surface area contributed by atoms with Gasteiger partial charge in [-0.2, -0.15) is 13.2 Å². The summed E-state index contributed by atoms with van der Waals surface area (Å²) >= 11 is 0. The van der Waals surface area contributed by atoms with Crippen molar-refractivity contribution in [3.63, 3.8) is 0 Å². The van der Waals surface area contributed by atoms with Crippen LogP contribution in [0.1, 0.15) is 25.0 Å². The Labute approximate surface area is 91.6 Å². The summed E-state index contributed by atoms with van der Waals surface area (Å²) in [5.74, 6) is -0.127. The Morgan fingerprint density at radius 2 is 1.62 bits per heavy atom. The molecule has 1 rings (SSSR count). The molecule has 0 radical (unpaired) electrons. The minimum atomic E-state index is -4.32. The van der Waals surface area contributed by atoms with E-state index in [9.17, 15) is 18.0 Å². The van der Waals surface area contributed by atoms with Crippen LogP contribution in [0.4, 0.5) is 13.2 Å². The van der Waals surface area contributed by atoms with Gasteiger partial charge in [0.15, 0.2) is 5.78 Å². The second kappa shape index (κ2) is 4.51. The van der Waals surface area contributed by atoms with E-state index < -0.39 is 11.7 Å². The summed E-state index contributed by atoms with van der Waals surface area (Å²) in [6.45, 7) is 3.08. The van der Waals surface area contributed by atoms with E-state index in [1.54, 1.807) is 6.92 Å². The number of hydrogen-bond acceptors (Lipinski definition) is 1. The van der Waals surface area contributed by atoms with Crippen LogP contribution in [0.25, 0.3) is 5.57 Å². The van der Waals surface area contributed by atoms with E-state index in [0.29, 0.717) is 11.1 Å². The highest BCUT2D eigenvalue weighted by Gasteiger charge is 2.29. The molecule has 1 nitrogen and oxygen atoms in total. The molecule has 0 bridgehead atoms. The Kier molecular flexibility index (Phi) is 3.52. The number of benzene rings is 1. The molecule has 0 aliphatic heterocycles. The SMILES string of the molecule is CC(=O)C=C(C)c1ccc(C(F)(F)F)cc1. The Bertz CT molecular complexity index is 413. The predicted octanol–water partition coefficient (Wildman–Crippen LogP) is 3.70. The third-order valence-electron chi connectivity index (χ3n) is 2.09. The van der Waals surface area contributed by atoms with Crippen LogP contribution in [0.3, 0.4) is 0 Å². The zero-order valence-electron chi connectivity index (χ0n) is 8.93. The second-order valence-electron chi connectivity index (χ2n) is 3.51. The minimum Gasteiger partial charge on any atom is -0.295 e. The molecule has 1 aromatic carbocycles. The average molecular weight is 228 g/mol. The number of rotatable bonds is 2. The molecule has 0 aromatic heterocycles. The number of ketones is 1. The molecule has 0 amide bonds. The van der Waals surface area contributed by atoms with Gasteiger partial charge in [-0.1, -0.05) is 12.1 Å². The monoisotopic (exact) mass is 228 g/mol. The van der Waals surface area contributed by atoms with Gasteiger partial charge in [0.05, 0.1) is 5.56 Å². The Morgan fingerprint density at radius 3 is 2.00 bits per heavy atom. The van der Waals surface area contributed by atoms with Crippen molar-refractivity contribution in [1.29, 1.82) is 0 Å². The maximum Gasteiger partial charge on any atom is 0.416 e. The smallest absolute Gasteiger partial charge is 0.295 e. The molecule has 0 heterocycles. The first-order chi connectivity index (χ1) is 7.30. The normalized spacial score (nSPS) is 12.7. The fraction of sp³-hybridized carbons (Fsp3) is 0.250. The number of hydrogen-bond donors (Lipinski definition) is 0. The van der Waals surface area contributed by atoms with E-state index >= 15 is 0 Å². The lowest BCUT2D eigenvalue weighted by Crippen LogP contribution is -2.04. The van der Waals surface area contributed by atoms with E-state index in [1.807, 2.05) is 0 Å². The molecule has 0 saturated carbocycles. The molecule has 0 N–H and O–H groups in total. The highest BCUT2D eigenvalue weighted by atomic mass is 19.4. The van der Waals surface area contributed by atoms with Crippen molar-refractivity contribution in [3.05, 3.63) is 41.5 Å². The van der Waals surface area contributed by atoms with Crippen LogP contribution in [0, 0.1) is 0 Å². The van der Waals surface area contributed by atoms with E-state index in [2.05, 4.69) is 0 Å². The molecule has 86 valence electrons. The molecule has 0 aliphatic rings. The van der Waals surface area contributed by atoms with Crippen LogP contribution in [-0.2, 0) is 11.0 Å². The molecule has 0 aliphatic carbocycles. The molecule has 1 aromatic rings. The third-order valence-corrected chi connectivity index (χ3v) is 2.09. The Hall–Kier alpha value is -1.58. The number of alkyl halides is 3. The van der Waals surface area contributed by atoms with Crippen LogP contribution in [0.2, 0.25) is 0 Å². The first-order valence-corrected chi connectivity index (χ1v) is 4.67. The van der Waals surface area contributed by atoms with E-state index in [0.717, 1.165) is 12.1 Å². The molecule has 0 saturated heterocycles. The van der Waals surface area contributed by atoms with Gasteiger partial charge in [0.2, 0.25) is 0 Å². The quantitative estimate of drug-likeness (QED) is 0.705. The lowest BCUT2D eigenvalue weighted by molar-refractivity contribution is -0.137. The highest BCUT2D eigenvalue weighted by Crippen LogP contribution is 2.29. The molecular weight excluding hydrogens is 217 g/mol. The van der Waals surface area contributed by atoms with Crippen molar-refractivity contribution in [3.8, 4) is 0 Å². The molecule has 16 heavy (non-hydrogen) atoms. The standard InChI is InChI=1S/C12H11F3O/c1-8(7-9(2)16)10-3-5-11(6-4-10)12(13,14)15/h3-7H,1-2H3. The molecule has 0 atom stereocenters. The lowest BCUT2D eigenvalue weighted by atomic mass is 10.0. The van der Waals surface area contributed by atoms with Crippen molar-refractivity contribution in [2.45, 2.75) is 20.0 Å². The van der Waals surface area contributed by atoms with Gasteiger partial charge >= 0.3 is 6.18 Å². The van der Waals surface area contributed by atoms with Crippen molar-refractivity contribution in [2.75, 3.05) is 0 Å². The Morgan fingerprint density at radius 1 is 1.12 bits per heavy atom. The van der Waals surface area contributed by atoms with Crippen LogP contribution in [0.5, 0.6) is 0 Å². The predicted molar refractivity (Wildman–Crippen MR) is 55.8 cm³/mol. The zero-order chi connectivity index (χ0) is 12.3. The summed E-state index contributed by atoms with van der Waals surface area (Å²) in [5, 5.41) is 0. The van der Waals surface area contributed by atoms with Gasteiger partial charge in [0.25, 0.3) is 0 Å². The molecule has 0 unspecified atom stereocenters. The topological polar surface area (TPSA) is 17.1 Å². The summed E-state index contributed by atoms with van der Waals surface area (Å²) in [4.78, 5) is 10.8. The molecule has 4 heteroatoms. The minimum absolute atomic E-state index is 0.127. The van der Waals surface area contributed by atoms with E-state index in [1.165, 1.54) is 25.1 Å². The van der Waals surface area contributed by atoms with Crippen LogP contribution < -0.4 is 0 Å². The summed E-state index contributed by atoms with van der Waals surface area (Å²) in [6.07, 6.45) is -2.93. The maximum absolute atomic E-state index is 12.3. The van der Waals surface area contributed by atoms with Crippen molar-refractivity contribution < 1.29 is 18.0 Å². The highest BCUT2D eigenvalue weighted by molar-refractivity contribution is 5.94. The van der Waals surface area contributed by atoms with Gasteiger partial charge in [-0.15, -0.1) is 0 Å². The van der Waals surface area contributed by atoms with Gasteiger partial charge in [-0.05, 0) is 43.2 Å². The molecule has 0 fully saturated rings. The number of halogens is 3. The fourth-order valence-electron chi connectivity index (χ4n) is 1.31. The van der Waals surface area contributed by atoms with Crippen LogP contribution in [-0.4, -0.2) is 5.78 Å². The fourth-order valence-corrected chi connectivity index (χ4v) is 1.31. The van der Waals surface area contributed by atoms with Gasteiger partial charge in [-0.3, -0.25) is 4.79 Å². The van der Waals surface area contributed by atoms with Gasteiger partial charge in [0.1, 0.15) is 0 Å². The largest absolute Gasteiger partial charge is 0.416 e. The van der Waals surface area contributed by atoms with Crippen LogP contribution in [0.15, 0.2) is 30.3 Å². The summed E-state index contributed by atoms with van der Waals surface area (Å²) in [6, 6.07) is 4.73. The summed E-state index contributed by atoms with van der Waals surface area (Å²) in [5.41, 5.74) is 0.580. The van der Waals surface area contributed by atoms with Crippen LogP contribution >= 0.6 is 0 Å². The van der Waals surface area contributed by atoms with Crippen molar-refractivity contribution >= 4 is 11.4 Å². The number of allylic oxidation sites excluding steroid dienone is 2. The van der Waals surface area contributed by atoms with E-state index in [-0.39, 0.29) is 5.78 Å². The maximum atomic E-state index is 12.3. The average Bonchev–Trinajstić information content (AvgIpc) is 2.15. The van der Waals surface area contributed by atoms with Crippen molar-refractivity contribution in [1.82, 2.24) is 0 Å². The summed E-state index contributed by atoms with van der Waals surface area (Å²) < 4.78 is 36.8. The zero-order valence-corrected chi connectivity index (χ0v) is 8.93. The first kappa shape index (κ1) is 12.5. The van der Waals surface area contributed by atoms with Gasteiger partial charge in [-0.25, -0.2) is 0 Å². The Balaban J connectivity index is 3.00. The lowest BCUT2D eigenvalue weighted by Gasteiger charge is -2.07. The summed E-state index contributed by atoms with van der Waals surface area (Å²) in [7, 11) is 0. The third kappa shape index (κ3) is 3.22. The van der Waals surface area contributed by atoms with Gasteiger partial charge in [0, 0.05) is 0 Å².